The van der Waals surface area contributed by atoms with Crippen LogP contribution < -0.4 is 10.6 Å². The van der Waals surface area contributed by atoms with Crippen LogP contribution in [0.5, 0.6) is 0 Å². The molecular formula is C15H23BrFN3. The van der Waals surface area contributed by atoms with Crippen LogP contribution in [0.4, 0.5) is 10.1 Å². The molecule has 112 valence electrons. The summed E-state index contributed by atoms with van der Waals surface area (Å²) < 4.78 is 14.8. The summed E-state index contributed by atoms with van der Waals surface area (Å²) >= 11 is 3.21. The van der Waals surface area contributed by atoms with Gasteiger partial charge in [-0.25, -0.2) is 4.39 Å². The first kappa shape index (κ1) is 17.0. The van der Waals surface area contributed by atoms with Crippen LogP contribution in [0.2, 0.25) is 0 Å². The molecule has 1 aromatic rings. The number of rotatable bonds is 6. The standard InChI is InChI=1S/C15H23BrFN3/c1-9(2)7-20(8-10(3)4)12-6-5-11(15(18)19)13(16)14(12)17/h5-6,9-10H,7-8H2,1-4H3,(H3,18,19). The van der Waals surface area contributed by atoms with Crippen LogP contribution >= 0.6 is 15.9 Å². The highest BCUT2D eigenvalue weighted by Crippen LogP contribution is 2.30. The lowest BCUT2D eigenvalue weighted by atomic mass is 10.1. The van der Waals surface area contributed by atoms with Gasteiger partial charge in [0.25, 0.3) is 0 Å². The molecule has 0 unspecified atom stereocenters. The van der Waals surface area contributed by atoms with E-state index in [-0.39, 0.29) is 16.1 Å². The molecule has 0 amide bonds. The van der Waals surface area contributed by atoms with Gasteiger partial charge in [0.05, 0.1) is 10.2 Å². The Bertz CT molecular complexity index is 476. The molecule has 1 rings (SSSR count). The van der Waals surface area contributed by atoms with Gasteiger partial charge in [-0.3, -0.25) is 5.41 Å². The minimum Gasteiger partial charge on any atom is -0.384 e. The van der Waals surface area contributed by atoms with E-state index >= 15 is 0 Å². The van der Waals surface area contributed by atoms with E-state index in [1.165, 1.54) is 0 Å². The first-order valence-electron chi connectivity index (χ1n) is 6.81. The van der Waals surface area contributed by atoms with Crippen LogP contribution in [0.3, 0.4) is 0 Å². The lowest BCUT2D eigenvalue weighted by molar-refractivity contribution is 0.536. The van der Waals surface area contributed by atoms with Crippen molar-refractivity contribution < 1.29 is 4.39 Å². The smallest absolute Gasteiger partial charge is 0.161 e. The fraction of sp³-hybridized carbons (Fsp3) is 0.533. The Kier molecular flexibility index (Phi) is 5.99. The van der Waals surface area contributed by atoms with Crippen LogP contribution in [-0.4, -0.2) is 18.9 Å². The first-order chi connectivity index (χ1) is 9.23. The predicted molar refractivity (Wildman–Crippen MR) is 87.0 cm³/mol. The summed E-state index contributed by atoms with van der Waals surface area (Å²) in [7, 11) is 0. The third-order valence-corrected chi connectivity index (χ3v) is 3.64. The maximum Gasteiger partial charge on any atom is 0.161 e. The summed E-state index contributed by atoms with van der Waals surface area (Å²) in [5.41, 5.74) is 6.39. The van der Waals surface area contributed by atoms with E-state index in [0.717, 1.165) is 13.1 Å². The molecule has 0 spiro atoms. The second-order valence-corrected chi connectivity index (χ2v) is 6.66. The Morgan fingerprint density at radius 1 is 1.25 bits per heavy atom. The van der Waals surface area contributed by atoms with E-state index in [4.69, 9.17) is 11.1 Å². The molecule has 3 N–H and O–H groups in total. The largest absolute Gasteiger partial charge is 0.384 e. The third-order valence-electron chi connectivity index (χ3n) is 2.86. The highest BCUT2D eigenvalue weighted by atomic mass is 79.9. The predicted octanol–water partition coefficient (Wildman–Crippen LogP) is 3.99. The number of nitrogen functional groups attached to an aromatic ring is 1. The molecule has 0 radical (unpaired) electrons. The van der Waals surface area contributed by atoms with Crippen LogP contribution in [0.25, 0.3) is 0 Å². The van der Waals surface area contributed by atoms with Gasteiger partial charge < -0.3 is 10.6 Å². The topological polar surface area (TPSA) is 53.1 Å². The van der Waals surface area contributed by atoms with Crippen LogP contribution in [0.15, 0.2) is 16.6 Å². The number of halogens is 2. The van der Waals surface area contributed by atoms with E-state index in [1.807, 2.05) is 0 Å². The number of nitrogens with zero attached hydrogens (tertiary/aromatic N) is 1. The second-order valence-electron chi connectivity index (χ2n) is 5.87. The average Bonchev–Trinajstić information content (AvgIpc) is 2.30. The first-order valence-corrected chi connectivity index (χ1v) is 7.60. The minimum atomic E-state index is -0.348. The van der Waals surface area contributed by atoms with Crippen molar-refractivity contribution in [2.75, 3.05) is 18.0 Å². The molecule has 0 atom stereocenters. The molecule has 3 nitrogen and oxygen atoms in total. The average molecular weight is 344 g/mol. The third kappa shape index (κ3) is 4.20. The maximum absolute atomic E-state index is 14.5. The number of anilines is 1. The molecular weight excluding hydrogens is 321 g/mol. The molecule has 0 aliphatic rings. The molecule has 0 aliphatic carbocycles. The number of hydrogen-bond acceptors (Lipinski definition) is 2. The zero-order valence-electron chi connectivity index (χ0n) is 12.5. The Hall–Kier alpha value is -1.10. The monoisotopic (exact) mass is 343 g/mol. The van der Waals surface area contributed by atoms with E-state index in [2.05, 4.69) is 48.5 Å². The van der Waals surface area contributed by atoms with Crippen LogP contribution in [0.1, 0.15) is 33.3 Å². The number of hydrogen-bond donors (Lipinski definition) is 2. The van der Waals surface area contributed by atoms with Gasteiger partial charge in [-0.15, -0.1) is 0 Å². The number of nitrogens with two attached hydrogens (primary N) is 1. The van der Waals surface area contributed by atoms with Gasteiger partial charge in [-0.05, 0) is 39.9 Å². The zero-order valence-corrected chi connectivity index (χ0v) is 14.1. The minimum absolute atomic E-state index is 0.137. The Morgan fingerprint density at radius 2 is 1.75 bits per heavy atom. The Labute approximate surface area is 129 Å². The van der Waals surface area contributed by atoms with Crippen molar-refractivity contribution >= 4 is 27.5 Å². The molecule has 1 aromatic carbocycles. The molecule has 0 fully saturated rings. The summed E-state index contributed by atoms with van der Waals surface area (Å²) in [6.45, 7) is 10.0. The summed E-state index contributed by atoms with van der Waals surface area (Å²) in [6.07, 6.45) is 0. The summed E-state index contributed by atoms with van der Waals surface area (Å²) in [5, 5.41) is 7.44. The molecule has 0 saturated carbocycles. The SMILES string of the molecule is CC(C)CN(CC(C)C)c1ccc(C(=N)N)c(Br)c1F. The molecule has 0 aliphatic heterocycles. The number of amidine groups is 1. The van der Waals surface area contributed by atoms with Crippen molar-refractivity contribution in [2.24, 2.45) is 17.6 Å². The fourth-order valence-corrected chi connectivity index (χ4v) is 2.69. The van der Waals surface area contributed by atoms with Gasteiger partial charge in [0.15, 0.2) is 5.82 Å². The Balaban J connectivity index is 3.20. The van der Waals surface area contributed by atoms with E-state index in [1.54, 1.807) is 12.1 Å². The van der Waals surface area contributed by atoms with E-state index < -0.39 is 0 Å². The maximum atomic E-state index is 14.5. The van der Waals surface area contributed by atoms with Crippen molar-refractivity contribution in [3.8, 4) is 0 Å². The van der Waals surface area contributed by atoms with Gasteiger partial charge in [-0.2, -0.15) is 0 Å². The molecule has 0 bridgehead atoms. The second kappa shape index (κ2) is 7.07. The fourth-order valence-electron chi connectivity index (χ4n) is 2.14. The van der Waals surface area contributed by atoms with Crippen molar-refractivity contribution in [1.82, 2.24) is 0 Å². The van der Waals surface area contributed by atoms with Gasteiger partial charge in [0.1, 0.15) is 5.84 Å². The van der Waals surface area contributed by atoms with Crippen LogP contribution in [0, 0.1) is 23.1 Å². The lowest BCUT2D eigenvalue weighted by Gasteiger charge is -2.29. The highest BCUT2D eigenvalue weighted by molar-refractivity contribution is 9.10. The van der Waals surface area contributed by atoms with Crippen molar-refractivity contribution in [3.05, 3.63) is 28.0 Å². The summed E-state index contributed by atoms with van der Waals surface area (Å²) in [5.74, 6) is 0.402. The van der Waals surface area contributed by atoms with E-state index in [0.29, 0.717) is 23.1 Å². The molecule has 0 heterocycles. The normalized spacial score (nSPS) is 11.2. The van der Waals surface area contributed by atoms with Gasteiger partial charge >= 0.3 is 0 Å². The van der Waals surface area contributed by atoms with Gasteiger partial charge in [0, 0.05) is 18.7 Å². The molecule has 0 aromatic heterocycles. The quantitative estimate of drug-likeness (QED) is 0.606. The summed E-state index contributed by atoms with van der Waals surface area (Å²) in [6, 6.07) is 3.40. The molecule has 20 heavy (non-hydrogen) atoms. The van der Waals surface area contributed by atoms with Gasteiger partial charge in [0.2, 0.25) is 0 Å². The Morgan fingerprint density at radius 3 is 2.15 bits per heavy atom. The highest BCUT2D eigenvalue weighted by Gasteiger charge is 2.19. The number of nitrogens with one attached hydrogen (secondary N) is 1. The van der Waals surface area contributed by atoms with Crippen molar-refractivity contribution in [3.63, 3.8) is 0 Å². The number of benzene rings is 1. The summed E-state index contributed by atoms with van der Waals surface area (Å²) in [4.78, 5) is 2.05. The zero-order chi connectivity index (χ0) is 15.4. The van der Waals surface area contributed by atoms with Crippen LogP contribution in [-0.2, 0) is 0 Å². The van der Waals surface area contributed by atoms with Gasteiger partial charge in [-0.1, -0.05) is 27.7 Å². The van der Waals surface area contributed by atoms with E-state index in [9.17, 15) is 4.39 Å². The molecule has 0 saturated heterocycles. The lowest BCUT2D eigenvalue weighted by Crippen LogP contribution is -2.32. The molecule has 5 heteroatoms. The van der Waals surface area contributed by atoms with Crippen molar-refractivity contribution in [2.45, 2.75) is 27.7 Å². The van der Waals surface area contributed by atoms with Crippen molar-refractivity contribution in [1.29, 1.82) is 5.41 Å².